The van der Waals surface area contributed by atoms with Crippen LogP contribution in [0.2, 0.25) is 0 Å². The van der Waals surface area contributed by atoms with Crippen LogP contribution in [0.1, 0.15) is 5.56 Å². The van der Waals surface area contributed by atoms with E-state index in [0.717, 1.165) is 0 Å². The van der Waals surface area contributed by atoms with E-state index in [1.165, 1.54) is 98.3 Å². The van der Waals surface area contributed by atoms with Crippen LogP contribution in [0.15, 0.2) is 218 Å². The summed E-state index contributed by atoms with van der Waals surface area (Å²) in [5, 5.41) is 7.97. The number of benzene rings is 9. The number of rotatable bonds is 5. The maximum Gasteiger partial charge on any atom is 0.179 e. The zero-order valence-corrected chi connectivity index (χ0v) is 32.7. The quantitative estimate of drug-likeness (QED) is 0.122. The molecule has 0 saturated carbocycles. The van der Waals surface area contributed by atoms with E-state index in [-0.39, 0.29) is 0 Å². The van der Waals surface area contributed by atoms with E-state index in [1.807, 2.05) is 0 Å². The van der Waals surface area contributed by atoms with E-state index in [2.05, 4.69) is 230 Å². The lowest BCUT2D eigenvalue weighted by Gasteiger charge is -2.36. The zero-order valence-electron chi connectivity index (χ0n) is 31.7. The van der Waals surface area contributed by atoms with Gasteiger partial charge in [-0.1, -0.05) is 200 Å². The van der Waals surface area contributed by atoms with E-state index >= 15 is 0 Å². The summed E-state index contributed by atoms with van der Waals surface area (Å²) in [6.07, 6.45) is 0. The van der Waals surface area contributed by atoms with Crippen LogP contribution in [0, 0.1) is 6.92 Å². The first kappa shape index (κ1) is 33.3. The summed E-state index contributed by atoms with van der Waals surface area (Å²) in [5.74, 6) is 0. The van der Waals surface area contributed by atoms with Crippen molar-refractivity contribution >= 4 is 50.6 Å². The highest BCUT2D eigenvalue weighted by atomic mass is 28.3. The fourth-order valence-electron chi connectivity index (χ4n) is 9.66. The van der Waals surface area contributed by atoms with Crippen molar-refractivity contribution in [3.8, 4) is 50.2 Å². The number of nitrogens with zero attached hydrogens (tertiary/aromatic N) is 1. The summed E-state index contributed by atoms with van der Waals surface area (Å²) in [6, 6.07) is 82.1. The van der Waals surface area contributed by atoms with Gasteiger partial charge in [-0.05, 0) is 96.4 Å². The van der Waals surface area contributed by atoms with E-state index in [1.54, 1.807) is 0 Å². The largest absolute Gasteiger partial charge is 0.309 e. The van der Waals surface area contributed by atoms with Gasteiger partial charge < -0.3 is 4.57 Å². The summed E-state index contributed by atoms with van der Waals surface area (Å²) in [4.78, 5) is 0. The van der Waals surface area contributed by atoms with E-state index in [0.29, 0.717) is 0 Å². The highest BCUT2D eigenvalue weighted by Crippen LogP contribution is 2.47. The van der Waals surface area contributed by atoms with Gasteiger partial charge in [0.2, 0.25) is 0 Å². The highest BCUT2D eigenvalue weighted by Gasteiger charge is 2.42. The Morgan fingerprint density at radius 2 is 0.702 bits per heavy atom. The molecule has 1 aliphatic rings. The third-order valence-electron chi connectivity index (χ3n) is 12.2. The molecule has 0 bridgehead atoms. The third kappa shape index (κ3) is 5.15. The molecular formula is C55H39NSi. The number of aromatic nitrogens is 1. The minimum Gasteiger partial charge on any atom is -0.309 e. The molecule has 1 aliphatic carbocycles. The fraction of sp³-hybridized carbons (Fsp3) is 0.0182. The molecule has 0 radical (unpaired) electrons. The second-order valence-electron chi connectivity index (χ2n) is 15.3. The molecule has 1 heterocycles. The standard InChI is InChI=1S/C55H39NSi/c1-38-30-32-41(33-31-38)57(40-17-3-2-4-18-40,42-19-15-16-39(36-42)56-54-28-13-11-26-51(54)52-27-12-14-29-55(52)56)43-34-35-50-48-24-8-7-22-46(48)44-20-5-6-21-45(44)47-23-9-10-25-49(47)53(50)37-43/h2-37H,1H3. The Balaban J connectivity index is 1.25. The molecule has 0 spiro atoms. The van der Waals surface area contributed by atoms with Gasteiger partial charge in [0.15, 0.2) is 8.07 Å². The zero-order chi connectivity index (χ0) is 37.9. The lowest BCUT2D eigenvalue weighted by Crippen LogP contribution is -2.74. The number of para-hydroxylation sites is 2. The molecule has 1 unspecified atom stereocenters. The first-order chi connectivity index (χ1) is 28.2. The van der Waals surface area contributed by atoms with Crippen LogP contribution in [0.3, 0.4) is 0 Å². The molecule has 0 aliphatic heterocycles. The Morgan fingerprint density at radius 3 is 1.26 bits per heavy atom. The van der Waals surface area contributed by atoms with Crippen LogP contribution in [-0.4, -0.2) is 12.6 Å². The highest BCUT2D eigenvalue weighted by molar-refractivity contribution is 7.20. The van der Waals surface area contributed by atoms with Crippen molar-refractivity contribution in [2.75, 3.05) is 0 Å². The van der Waals surface area contributed by atoms with Crippen molar-refractivity contribution in [1.82, 2.24) is 4.57 Å². The molecule has 1 atom stereocenters. The topological polar surface area (TPSA) is 4.93 Å². The predicted molar refractivity (Wildman–Crippen MR) is 244 cm³/mol. The minimum absolute atomic E-state index is 1.17. The SMILES string of the molecule is Cc1ccc([Si](c2ccccc2)(c2cccc(-n3c4ccccc4c4ccccc43)c2)c2ccc3c(c2)-c2ccccc2-c2ccccc2-c2ccccc2-3)cc1. The van der Waals surface area contributed by atoms with Crippen LogP contribution in [0.25, 0.3) is 72.0 Å². The van der Waals surface area contributed by atoms with E-state index in [4.69, 9.17) is 0 Å². The monoisotopic (exact) mass is 741 g/mol. The first-order valence-electron chi connectivity index (χ1n) is 19.8. The number of hydrogen-bond acceptors (Lipinski definition) is 0. The van der Waals surface area contributed by atoms with E-state index in [9.17, 15) is 0 Å². The maximum absolute atomic E-state index is 2.99. The number of aryl methyl sites for hydroxylation is 1. The van der Waals surface area contributed by atoms with Crippen molar-refractivity contribution in [3.05, 3.63) is 224 Å². The average Bonchev–Trinajstić information content (AvgIpc) is 3.62. The van der Waals surface area contributed by atoms with Crippen molar-refractivity contribution in [2.45, 2.75) is 6.92 Å². The number of fused-ring (bicyclic) bond motifs is 11. The summed E-state index contributed by atoms with van der Waals surface area (Å²) >= 11 is 0. The maximum atomic E-state index is 2.56. The molecule has 57 heavy (non-hydrogen) atoms. The molecule has 2 heteroatoms. The molecule has 1 aromatic heterocycles. The molecule has 10 aromatic rings. The second-order valence-corrected chi connectivity index (χ2v) is 19.1. The molecule has 0 amide bonds. The van der Waals surface area contributed by atoms with Gasteiger partial charge in [0.25, 0.3) is 0 Å². The van der Waals surface area contributed by atoms with Crippen LogP contribution >= 0.6 is 0 Å². The van der Waals surface area contributed by atoms with Crippen LogP contribution in [0.4, 0.5) is 0 Å². The molecule has 0 N–H and O–H groups in total. The smallest absolute Gasteiger partial charge is 0.179 e. The van der Waals surface area contributed by atoms with Gasteiger partial charge >= 0.3 is 0 Å². The fourth-order valence-corrected chi connectivity index (χ4v) is 14.4. The molecular weight excluding hydrogens is 703 g/mol. The minimum atomic E-state index is -2.99. The molecule has 0 fully saturated rings. The lowest BCUT2D eigenvalue weighted by atomic mass is 9.81. The summed E-state index contributed by atoms with van der Waals surface area (Å²) in [6.45, 7) is 2.19. The summed E-state index contributed by atoms with van der Waals surface area (Å²) < 4.78 is 2.46. The van der Waals surface area contributed by atoms with Crippen molar-refractivity contribution in [2.24, 2.45) is 0 Å². The summed E-state index contributed by atoms with van der Waals surface area (Å²) in [7, 11) is -2.99. The average molecular weight is 742 g/mol. The van der Waals surface area contributed by atoms with Crippen LogP contribution < -0.4 is 20.7 Å². The van der Waals surface area contributed by atoms with Crippen LogP contribution in [0.5, 0.6) is 0 Å². The van der Waals surface area contributed by atoms with Gasteiger partial charge in [-0.15, -0.1) is 0 Å². The lowest BCUT2D eigenvalue weighted by molar-refractivity contribution is 1.18. The van der Waals surface area contributed by atoms with Crippen molar-refractivity contribution < 1.29 is 0 Å². The molecule has 11 rings (SSSR count). The Hall–Kier alpha value is -7.00. The van der Waals surface area contributed by atoms with Gasteiger partial charge in [0, 0.05) is 16.5 Å². The van der Waals surface area contributed by atoms with Crippen molar-refractivity contribution in [3.63, 3.8) is 0 Å². The molecule has 0 saturated heterocycles. The van der Waals surface area contributed by atoms with Gasteiger partial charge in [-0.2, -0.15) is 0 Å². The Kier molecular flexibility index (Phi) is 7.80. The molecule has 1 nitrogen and oxygen atoms in total. The molecule has 268 valence electrons. The van der Waals surface area contributed by atoms with Gasteiger partial charge in [-0.25, -0.2) is 0 Å². The second kappa shape index (κ2) is 13.3. The first-order valence-corrected chi connectivity index (χ1v) is 21.8. The Morgan fingerprint density at radius 1 is 0.298 bits per heavy atom. The van der Waals surface area contributed by atoms with Crippen LogP contribution in [-0.2, 0) is 0 Å². The van der Waals surface area contributed by atoms with Gasteiger partial charge in [-0.3, -0.25) is 0 Å². The van der Waals surface area contributed by atoms with Gasteiger partial charge in [0.05, 0.1) is 11.0 Å². The normalized spacial score (nSPS) is 12.8. The Bertz CT molecular complexity index is 3080. The van der Waals surface area contributed by atoms with Crippen molar-refractivity contribution in [1.29, 1.82) is 0 Å². The van der Waals surface area contributed by atoms with Gasteiger partial charge in [0.1, 0.15) is 0 Å². The predicted octanol–water partition coefficient (Wildman–Crippen LogP) is 11.5. The molecule has 9 aromatic carbocycles. The number of hydrogen-bond donors (Lipinski definition) is 0. The third-order valence-corrected chi connectivity index (χ3v) is 17.0. The summed E-state index contributed by atoms with van der Waals surface area (Å²) in [5.41, 5.74) is 15.0. The van der Waals surface area contributed by atoms with E-state index < -0.39 is 8.07 Å². The Labute approximate surface area is 334 Å².